The molecule has 0 aromatic carbocycles. The molecule has 0 atom stereocenters. The molecular weight excluding hydrogens is 170 g/mol. The minimum atomic E-state index is -0.376. The van der Waals surface area contributed by atoms with E-state index in [1.54, 1.807) is 0 Å². The van der Waals surface area contributed by atoms with Gasteiger partial charge < -0.3 is 15.3 Å². The topological polar surface area (TPSA) is 77.8 Å². The van der Waals surface area contributed by atoms with Crippen LogP contribution in [-0.2, 0) is 0 Å². The van der Waals surface area contributed by atoms with Crippen LogP contribution in [-0.4, -0.2) is 21.4 Å². The van der Waals surface area contributed by atoms with Crippen LogP contribution >= 0.6 is 0 Å². The van der Waals surface area contributed by atoms with Crippen LogP contribution in [0.15, 0.2) is 11.0 Å². The monoisotopic (exact) mass is 183 g/mol. The zero-order valence-corrected chi connectivity index (χ0v) is 7.89. The molecule has 0 spiro atoms. The Morgan fingerprint density at radius 3 is 2.46 bits per heavy atom. The van der Waals surface area contributed by atoms with E-state index in [4.69, 9.17) is 0 Å². The van der Waals surface area contributed by atoms with Crippen molar-refractivity contribution in [2.75, 3.05) is 0 Å². The number of hydrogen-bond donors (Lipinski definition) is 3. The highest BCUT2D eigenvalue weighted by Crippen LogP contribution is 2.00. The molecule has 0 saturated heterocycles. The number of rotatable bonds is 1. The molecule has 0 bridgehead atoms. The molecule has 5 nitrogen and oxygen atoms in total. The van der Waals surface area contributed by atoms with E-state index in [0.29, 0.717) is 0 Å². The summed E-state index contributed by atoms with van der Waals surface area (Å²) in [6.07, 6.45) is 1.35. The average molecular weight is 183 g/mol. The van der Waals surface area contributed by atoms with E-state index in [2.05, 4.69) is 15.3 Å². The number of carbonyl (C=O) groups excluding carboxylic acids is 1. The molecule has 3 N–H and O–H groups in total. The SMILES string of the molecule is CC(C)(C)NC(=O)c1c[nH]c(=O)[nH]1. The maximum absolute atomic E-state index is 11.4. The zero-order valence-electron chi connectivity index (χ0n) is 7.89. The zero-order chi connectivity index (χ0) is 10.1. The fraction of sp³-hybridized carbons (Fsp3) is 0.500. The van der Waals surface area contributed by atoms with Gasteiger partial charge in [0.2, 0.25) is 0 Å². The van der Waals surface area contributed by atoms with Gasteiger partial charge in [0.1, 0.15) is 5.69 Å². The normalized spacial score (nSPS) is 11.3. The smallest absolute Gasteiger partial charge is 0.323 e. The van der Waals surface area contributed by atoms with E-state index in [0.717, 1.165) is 0 Å². The number of hydrogen-bond acceptors (Lipinski definition) is 2. The Morgan fingerprint density at radius 2 is 2.08 bits per heavy atom. The van der Waals surface area contributed by atoms with E-state index < -0.39 is 0 Å². The predicted molar refractivity (Wildman–Crippen MR) is 48.6 cm³/mol. The van der Waals surface area contributed by atoms with Crippen LogP contribution in [0.4, 0.5) is 0 Å². The van der Waals surface area contributed by atoms with Crippen molar-refractivity contribution in [3.05, 3.63) is 22.4 Å². The third kappa shape index (κ3) is 2.77. The first-order valence-electron chi connectivity index (χ1n) is 3.99. The molecule has 0 radical (unpaired) electrons. The van der Waals surface area contributed by atoms with E-state index >= 15 is 0 Å². The van der Waals surface area contributed by atoms with Crippen molar-refractivity contribution in [2.45, 2.75) is 26.3 Å². The highest BCUT2D eigenvalue weighted by Gasteiger charge is 2.15. The largest absolute Gasteiger partial charge is 0.346 e. The first kappa shape index (κ1) is 9.57. The second kappa shape index (κ2) is 3.08. The lowest BCUT2D eigenvalue weighted by Gasteiger charge is -2.19. The second-order valence-corrected chi connectivity index (χ2v) is 3.86. The standard InChI is InChI=1S/C8H13N3O2/c1-8(2,3)11-6(12)5-4-9-7(13)10-5/h4H,1-3H3,(H,11,12)(H2,9,10,13). The number of nitrogens with one attached hydrogen (secondary N) is 3. The summed E-state index contributed by atoms with van der Waals surface area (Å²) in [6.45, 7) is 5.61. The van der Waals surface area contributed by atoms with Crippen LogP contribution < -0.4 is 11.0 Å². The van der Waals surface area contributed by atoms with Crippen LogP contribution in [0.1, 0.15) is 31.3 Å². The fourth-order valence-corrected chi connectivity index (χ4v) is 0.862. The molecule has 1 heterocycles. The average Bonchev–Trinajstić information content (AvgIpc) is 2.31. The van der Waals surface area contributed by atoms with E-state index in [1.165, 1.54) is 6.20 Å². The van der Waals surface area contributed by atoms with Crippen molar-refractivity contribution < 1.29 is 4.79 Å². The summed E-state index contributed by atoms with van der Waals surface area (Å²) in [5, 5.41) is 2.72. The third-order valence-electron chi connectivity index (χ3n) is 1.33. The molecule has 1 aromatic rings. The summed E-state index contributed by atoms with van der Waals surface area (Å²) in [5.74, 6) is -0.286. The molecular formula is C8H13N3O2. The van der Waals surface area contributed by atoms with Crippen LogP contribution in [0.3, 0.4) is 0 Å². The van der Waals surface area contributed by atoms with Gasteiger partial charge in [0, 0.05) is 11.7 Å². The summed E-state index contributed by atoms with van der Waals surface area (Å²) in [5.41, 5.74) is -0.426. The Kier molecular flexibility index (Phi) is 2.27. The van der Waals surface area contributed by atoms with Gasteiger partial charge in [-0.05, 0) is 20.8 Å². The van der Waals surface area contributed by atoms with Crippen LogP contribution in [0, 0.1) is 0 Å². The number of H-pyrrole nitrogens is 2. The summed E-state index contributed by atoms with van der Waals surface area (Å²) in [6, 6.07) is 0. The number of aromatic nitrogens is 2. The third-order valence-corrected chi connectivity index (χ3v) is 1.33. The van der Waals surface area contributed by atoms with E-state index in [1.807, 2.05) is 20.8 Å². The minimum Gasteiger partial charge on any atom is -0.346 e. The van der Waals surface area contributed by atoms with Gasteiger partial charge in [-0.15, -0.1) is 0 Å². The summed E-state index contributed by atoms with van der Waals surface area (Å²) < 4.78 is 0. The van der Waals surface area contributed by atoms with Gasteiger partial charge in [0.25, 0.3) is 5.91 Å². The highest BCUT2D eigenvalue weighted by atomic mass is 16.2. The Hall–Kier alpha value is -1.52. The van der Waals surface area contributed by atoms with Gasteiger partial charge in [0.05, 0.1) is 0 Å². The van der Waals surface area contributed by atoms with Gasteiger partial charge in [-0.2, -0.15) is 0 Å². The molecule has 1 aromatic heterocycles. The number of imidazole rings is 1. The van der Waals surface area contributed by atoms with Gasteiger partial charge in [0.15, 0.2) is 0 Å². The first-order valence-corrected chi connectivity index (χ1v) is 3.99. The van der Waals surface area contributed by atoms with Crippen LogP contribution in [0.2, 0.25) is 0 Å². The Balaban J connectivity index is 2.75. The highest BCUT2D eigenvalue weighted by molar-refractivity contribution is 5.92. The Bertz CT molecular complexity index is 356. The van der Waals surface area contributed by atoms with Crippen molar-refractivity contribution >= 4 is 5.91 Å². The van der Waals surface area contributed by atoms with Crippen LogP contribution in [0.5, 0.6) is 0 Å². The first-order chi connectivity index (χ1) is 5.88. The molecule has 0 aliphatic rings. The molecule has 1 amide bonds. The van der Waals surface area contributed by atoms with E-state index in [9.17, 15) is 9.59 Å². The molecule has 1 rings (SSSR count). The van der Waals surface area contributed by atoms with Gasteiger partial charge in [-0.25, -0.2) is 4.79 Å². The summed E-state index contributed by atoms with van der Waals surface area (Å²) in [7, 11) is 0. The van der Waals surface area contributed by atoms with Crippen molar-refractivity contribution in [1.29, 1.82) is 0 Å². The van der Waals surface area contributed by atoms with Crippen molar-refractivity contribution in [1.82, 2.24) is 15.3 Å². The van der Waals surface area contributed by atoms with Crippen LogP contribution in [0.25, 0.3) is 0 Å². The summed E-state index contributed by atoms with van der Waals surface area (Å²) in [4.78, 5) is 26.8. The lowest BCUT2D eigenvalue weighted by Crippen LogP contribution is -2.40. The minimum absolute atomic E-state index is 0.250. The maximum Gasteiger partial charge on any atom is 0.323 e. The van der Waals surface area contributed by atoms with Gasteiger partial charge in [-0.1, -0.05) is 0 Å². The van der Waals surface area contributed by atoms with Crippen molar-refractivity contribution in [3.63, 3.8) is 0 Å². The second-order valence-electron chi connectivity index (χ2n) is 3.86. The van der Waals surface area contributed by atoms with Crippen molar-refractivity contribution in [3.8, 4) is 0 Å². The molecule has 5 heteroatoms. The Morgan fingerprint density at radius 1 is 1.46 bits per heavy atom. The number of amides is 1. The predicted octanol–water partition coefficient (Wildman–Crippen LogP) is 0.231. The molecule has 72 valence electrons. The van der Waals surface area contributed by atoms with Gasteiger partial charge in [-0.3, -0.25) is 4.79 Å². The maximum atomic E-state index is 11.4. The number of aromatic amines is 2. The molecule has 0 aliphatic heterocycles. The van der Waals surface area contributed by atoms with Crippen molar-refractivity contribution in [2.24, 2.45) is 0 Å². The summed E-state index contributed by atoms with van der Waals surface area (Å²) >= 11 is 0. The molecule has 0 unspecified atom stereocenters. The Labute approximate surface area is 75.6 Å². The van der Waals surface area contributed by atoms with E-state index in [-0.39, 0.29) is 22.8 Å². The molecule has 0 saturated carbocycles. The molecule has 0 aliphatic carbocycles. The van der Waals surface area contributed by atoms with Gasteiger partial charge >= 0.3 is 5.69 Å². The lowest BCUT2D eigenvalue weighted by molar-refractivity contribution is 0.0915. The fourth-order valence-electron chi connectivity index (χ4n) is 0.862. The quantitative estimate of drug-likeness (QED) is 0.582. The molecule has 0 fully saturated rings. The number of carbonyl (C=O) groups is 1. The lowest BCUT2D eigenvalue weighted by atomic mass is 10.1. The molecule has 13 heavy (non-hydrogen) atoms.